The van der Waals surface area contributed by atoms with Crippen LogP contribution in [0.15, 0.2) is 0 Å². The highest BCUT2D eigenvalue weighted by Gasteiger charge is 2.14. The summed E-state index contributed by atoms with van der Waals surface area (Å²) in [6.07, 6.45) is 5.38. The lowest BCUT2D eigenvalue weighted by Crippen LogP contribution is -2.25. The molecule has 1 nitrogen and oxygen atoms in total. The van der Waals surface area contributed by atoms with Gasteiger partial charge in [0.2, 0.25) is 0 Å². The molecule has 0 amide bonds. The van der Waals surface area contributed by atoms with Gasteiger partial charge < -0.3 is 4.74 Å². The van der Waals surface area contributed by atoms with Gasteiger partial charge in [-0.15, -0.1) is 6.42 Å². The van der Waals surface area contributed by atoms with Crippen LogP contribution in [-0.2, 0) is 4.74 Å². The van der Waals surface area contributed by atoms with Crippen molar-refractivity contribution in [2.75, 3.05) is 0 Å². The normalized spacial score (nSPS) is 11.6. The van der Waals surface area contributed by atoms with Crippen LogP contribution >= 0.6 is 0 Å². The minimum absolute atomic E-state index is 0.205. The predicted octanol–water partition coefficient (Wildman–Crippen LogP) is 1.82. The van der Waals surface area contributed by atoms with E-state index in [0.29, 0.717) is 0 Å². The zero-order chi connectivity index (χ0) is 7.49. The van der Waals surface area contributed by atoms with Crippen molar-refractivity contribution < 1.29 is 4.74 Å². The molecule has 0 bridgehead atoms. The lowest BCUT2D eigenvalue weighted by atomic mass is 10.1. The van der Waals surface area contributed by atoms with Crippen LogP contribution in [0.1, 0.15) is 27.7 Å². The van der Waals surface area contributed by atoms with Crippen LogP contribution in [0.4, 0.5) is 0 Å². The molecule has 0 spiro atoms. The maximum Gasteiger partial charge on any atom is 0.123 e. The lowest BCUT2D eigenvalue weighted by Gasteiger charge is -2.21. The molecule has 9 heavy (non-hydrogen) atoms. The Hall–Kier alpha value is -0.480. The minimum Gasteiger partial charge on any atom is -0.360 e. The van der Waals surface area contributed by atoms with Crippen molar-refractivity contribution in [2.45, 2.75) is 39.4 Å². The van der Waals surface area contributed by atoms with Gasteiger partial charge in [-0.3, -0.25) is 0 Å². The smallest absolute Gasteiger partial charge is 0.123 e. The van der Waals surface area contributed by atoms with Gasteiger partial charge in [0.25, 0.3) is 0 Å². The molecule has 0 aliphatic heterocycles. The van der Waals surface area contributed by atoms with Crippen molar-refractivity contribution in [2.24, 2.45) is 0 Å². The molecule has 0 aromatic rings. The molecule has 0 saturated heterocycles. The topological polar surface area (TPSA) is 9.23 Å². The highest BCUT2D eigenvalue weighted by Crippen LogP contribution is 2.09. The molecule has 0 N–H and O–H groups in total. The summed E-state index contributed by atoms with van der Waals surface area (Å²) < 4.78 is 5.35. The van der Waals surface area contributed by atoms with E-state index in [9.17, 15) is 0 Å². The van der Waals surface area contributed by atoms with E-state index in [4.69, 9.17) is 11.2 Å². The number of terminal acetylenes is 1. The van der Waals surface area contributed by atoms with Gasteiger partial charge in [-0.05, 0) is 27.7 Å². The Morgan fingerprint density at radius 1 is 1.44 bits per heavy atom. The van der Waals surface area contributed by atoms with Gasteiger partial charge in [-0.2, -0.15) is 0 Å². The summed E-state index contributed by atoms with van der Waals surface area (Å²) in [5, 5.41) is 0. The van der Waals surface area contributed by atoms with Crippen molar-refractivity contribution in [1.29, 1.82) is 0 Å². The van der Waals surface area contributed by atoms with Crippen LogP contribution in [0.25, 0.3) is 0 Å². The third kappa shape index (κ3) is 4.05. The maximum absolute atomic E-state index is 5.35. The SMILES string of the molecule is C#CC(C)(C)OC(C)C. The summed E-state index contributed by atoms with van der Waals surface area (Å²) >= 11 is 0. The van der Waals surface area contributed by atoms with E-state index in [1.165, 1.54) is 0 Å². The van der Waals surface area contributed by atoms with E-state index in [0.717, 1.165) is 0 Å². The van der Waals surface area contributed by atoms with Gasteiger partial charge >= 0.3 is 0 Å². The van der Waals surface area contributed by atoms with Gasteiger partial charge in [0.15, 0.2) is 0 Å². The summed E-state index contributed by atoms with van der Waals surface area (Å²) in [4.78, 5) is 0. The van der Waals surface area contributed by atoms with Crippen molar-refractivity contribution in [1.82, 2.24) is 0 Å². The van der Waals surface area contributed by atoms with Crippen LogP contribution in [0.2, 0.25) is 0 Å². The van der Waals surface area contributed by atoms with Crippen molar-refractivity contribution in [3.63, 3.8) is 0 Å². The molecule has 0 heterocycles. The van der Waals surface area contributed by atoms with Crippen LogP contribution in [0, 0.1) is 12.3 Å². The molecule has 0 aromatic heterocycles. The van der Waals surface area contributed by atoms with E-state index < -0.39 is 5.60 Å². The van der Waals surface area contributed by atoms with Gasteiger partial charge in [0.05, 0.1) is 6.10 Å². The Balaban J connectivity index is 3.76. The second-order valence-corrected chi connectivity index (χ2v) is 2.82. The average Bonchev–Trinajstić information content (AvgIpc) is 1.63. The maximum atomic E-state index is 5.35. The third-order valence-corrected chi connectivity index (χ3v) is 0.878. The molecular formula is C8H14O. The first-order valence-electron chi connectivity index (χ1n) is 3.13. The van der Waals surface area contributed by atoms with Gasteiger partial charge in [0.1, 0.15) is 5.60 Å². The zero-order valence-corrected chi connectivity index (χ0v) is 6.56. The van der Waals surface area contributed by atoms with Gasteiger partial charge in [-0.1, -0.05) is 5.92 Å². The first-order valence-corrected chi connectivity index (χ1v) is 3.13. The number of ether oxygens (including phenoxy) is 1. The summed E-state index contributed by atoms with van der Waals surface area (Å²) in [7, 11) is 0. The molecule has 0 fully saturated rings. The fourth-order valence-electron chi connectivity index (χ4n) is 0.623. The van der Waals surface area contributed by atoms with Crippen LogP contribution in [0.3, 0.4) is 0 Å². The Morgan fingerprint density at radius 2 is 1.89 bits per heavy atom. The molecule has 0 aromatic carbocycles. The largest absolute Gasteiger partial charge is 0.360 e. The van der Waals surface area contributed by atoms with Crippen LogP contribution in [-0.4, -0.2) is 11.7 Å². The zero-order valence-electron chi connectivity index (χ0n) is 6.56. The van der Waals surface area contributed by atoms with Crippen molar-refractivity contribution >= 4 is 0 Å². The van der Waals surface area contributed by atoms with Gasteiger partial charge in [-0.25, -0.2) is 0 Å². The highest BCUT2D eigenvalue weighted by molar-refractivity contribution is 5.02. The fourth-order valence-corrected chi connectivity index (χ4v) is 0.623. The fraction of sp³-hybridized carbons (Fsp3) is 0.750. The Morgan fingerprint density at radius 3 is 2.00 bits per heavy atom. The summed E-state index contributed by atoms with van der Waals surface area (Å²) in [5.41, 5.74) is -0.409. The quantitative estimate of drug-likeness (QED) is 0.513. The molecule has 0 aliphatic carbocycles. The van der Waals surface area contributed by atoms with E-state index >= 15 is 0 Å². The number of rotatable bonds is 2. The molecule has 0 unspecified atom stereocenters. The molecule has 0 rings (SSSR count). The first-order chi connectivity index (χ1) is 3.98. The molecule has 0 radical (unpaired) electrons. The highest BCUT2D eigenvalue weighted by atomic mass is 16.5. The van der Waals surface area contributed by atoms with Crippen LogP contribution < -0.4 is 0 Å². The van der Waals surface area contributed by atoms with E-state index in [-0.39, 0.29) is 6.10 Å². The average molecular weight is 126 g/mol. The third-order valence-electron chi connectivity index (χ3n) is 0.878. The second kappa shape index (κ2) is 2.89. The number of hydrogen-bond donors (Lipinski definition) is 0. The Bertz CT molecular complexity index is 117. The van der Waals surface area contributed by atoms with E-state index in [1.54, 1.807) is 0 Å². The summed E-state index contributed by atoms with van der Waals surface area (Å²) in [5.74, 6) is 2.55. The van der Waals surface area contributed by atoms with Crippen molar-refractivity contribution in [3.8, 4) is 12.3 Å². The van der Waals surface area contributed by atoms with E-state index in [1.807, 2.05) is 27.7 Å². The minimum atomic E-state index is -0.409. The molecule has 0 saturated carbocycles. The first kappa shape index (κ1) is 8.52. The molecule has 1 heteroatoms. The Kier molecular flexibility index (Phi) is 2.73. The van der Waals surface area contributed by atoms with E-state index in [2.05, 4.69) is 5.92 Å². The van der Waals surface area contributed by atoms with Gasteiger partial charge in [0, 0.05) is 0 Å². The Labute approximate surface area is 57.4 Å². The standard InChI is InChI=1S/C8H14O/c1-6-8(4,5)9-7(2)3/h1,7H,2-5H3. The molecular weight excluding hydrogens is 112 g/mol. The lowest BCUT2D eigenvalue weighted by molar-refractivity contribution is -0.0160. The summed E-state index contributed by atoms with van der Waals surface area (Å²) in [6, 6.07) is 0. The van der Waals surface area contributed by atoms with Crippen LogP contribution in [0.5, 0.6) is 0 Å². The molecule has 0 atom stereocenters. The summed E-state index contributed by atoms with van der Waals surface area (Å²) in [6.45, 7) is 7.71. The monoisotopic (exact) mass is 126 g/mol. The predicted molar refractivity (Wildman–Crippen MR) is 39.1 cm³/mol. The van der Waals surface area contributed by atoms with Crippen molar-refractivity contribution in [3.05, 3.63) is 0 Å². The second-order valence-electron chi connectivity index (χ2n) is 2.82. The molecule has 52 valence electrons. The number of hydrogen-bond acceptors (Lipinski definition) is 1. The molecule has 0 aliphatic rings.